The molecule has 1 unspecified atom stereocenters. The molecule has 1 N–H and O–H groups in total. The molecule has 0 heterocycles. The first-order chi connectivity index (χ1) is 8.59. The van der Waals surface area contributed by atoms with Crippen molar-refractivity contribution in [3.05, 3.63) is 64.7 Å². The van der Waals surface area contributed by atoms with E-state index in [1.165, 1.54) is 0 Å². The third-order valence-electron chi connectivity index (χ3n) is 2.88. The number of anilines is 1. The Balaban J connectivity index is 2.47. The zero-order chi connectivity index (χ0) is 13.1. The van der Waals surface area contributed by atoms with Crippen molar-refractivity contribution in [3.63, 3.8) is 0 Å². The number of benzene rings is 2. The number of hydrogen-bond acceptors (Lipinski definition) is 2. The Labute approximate surface area is 112 Å². The van der Waals surface area contributed by atoms with Crippen molar-refractivity contribution in [2.75, 3.05) is 19.0 Å². The molecule has 2 aromatic rings. The molecule has 0 bridgehead atoms. The summed E-state index contributed by atoms with van der Waals surface area (Å²) in [5.41, 5.74) is 2.65. The number of halogens is 1. The highest BCUT2D eigenvalue weighted by Crippen LogP contribution is 2.32. The van der Waals surface area contributed by atoms with E-state index in [0.29, 0.717) is 5.02 Å². The summed E-state index contributed by atoms with van der Waals surface area (Å²) in [4.78, 5) is 1.97. The second kappa shape index (κ2) is 5.42. The van der Waals surface area contributed by atoms with E-state index in [9.17, 15) is 5.11 Å². The fraction of sp³-hybridized carbons (Fsp3) is 0.200. The van der Waals surface area contributed by atoms with Crippen LogP contribution in [0.25, 0.3) is 0 Å². The normalized spacial score (nSPS) is 12.2. The van der Waals surface area contributed by atoms with E-state index in [0.717, 1.165) is 16.8 Å². The van der Waals surface area contributed by atoms with E-state index in [1.807, 2.05) is 67.5 Å². The molecule has 0 amide bonds. The van der Waals surface area contributed by atoms with Gasteiger partial charge in [-0.3, -0.25) is 0 Å². The molecule has 0 saturated carbocycles. The molecule has 0 aromatic heterocycles. The van der Waals surface area contributed by atoms with Gasteiger partial charge >= 0.3 is 0 Å². The first kappa shape index (κ1) is 12.9. The molecular formula is C15H16ClNO. The maximum absolute atomic E-state index is 10.5. The maximum atomic E-state index is 10.5. The van der Waals surface area contributed by atoms with E-state index >= 15 is 0 Å². The zero-order valence-electron chi connectivity index (χ0n) is 10.5. The fourth-order valence-electron chi connectivity index (χ4n) is 1.97. The summed E-state index contributed by atoms with van der Waals surface area (Å²) in [6.45, 7) is 0. The van der Waals surface area contributed by atoms with Crippen LogP contribution >= 0.6 is 11.6 Å². The molecule has 18 heavy (non-hydrogen) atoms. The summed E-state index contributed by atoms with van der Waals surface area (Å²) in [5, 5.41) is 11.1. The smallest absolute Gasteiger partial charge is 0.106 e. The predicted molar refractivity (Wildman–Crippen MR) is 76.3 cm³/mol. The Hall–Kier alpha value is -1.51. The number of nitrogens with zero attached hydrogens (tertiary/aromatic N) is 1. The molecule has 2 rings (SSSR count). The lowest BCUT2D eigenvalue weighted by molar-refractivity contribution is 0.220. The van der Waals surface area contributed by atoms with Crippen molar-refractivity contribution >= 4 is 17.3 Å². The maximum Gasteiger partial charge on any atom is 0.106 e. The summed E-state index contributed by atoms with van der Waals surface area (Å²) in [6.07, 6.45) is -0.665. The topological polar surface area (TPSA) is 23.5 Å². The second-order valence-electron chi connectivity index (χ2n) is 4.41. The number of rotatable bonds is 3. The Bertz CT molecular complexity index is 525. The number of aliphatic hydroxyl groups excluding tert-OH is 1. The van der Waals surface area contributed by atoms with Crippen molar-refractivity contribution in [1.82, 2.24) is 0 Å². The van der Waals surface area contributed by atoms with E-state index in [2.05, 4.69) is 0 Å². The van der Waals surface area contributed by atoms with Crippen LogP contribution in [0.2, 0.25) is 5.02 Å². The quantitative estimate of drug-likeness (QED) is 0.914. The van der Waals surface area contributed by atoms with Crippen LogP contribution in [0.3, 0.4) is 0 Å². The van der Waals surface area contributed by atoms with Gasteiger partial charge in [0, 0.05) is 30.4 Å². The van der Waals surface area contributed by atoms with Crippen LogP contribution in [0, 0.1) is 0 Å². The summed E-state index contributed by atoms with van der Waals surface area (Å²) < 4.78 is 0. The van der Waals surface area contributed by atoms with Gasteiger partial charge in [0.05, 0.1) is 0 Å². The standard InChI is InChI=1S/C15H16ClNO/c1-17(2)14-9-8-12(16)10-13(14)15(18)11-6-4-3-5-7-11/h3-10,15,18H,1-2H3. The average Bonchev–Trinajstić information content (AvgIpc) is 2.38. The summed E-state index contributed by atoms with van der Waals surface area (Å²) in [5.74, 6) is 0. The average molecular weight is 262 g/mol. The first-order valence-electron chi connectivity index (χ1n) is 5.79. The molecule has 2 aromatic carbocycles. The van der Waals surface area contributed by atoms with Crippen LogP contribution < -0.4 is 4.90 Å². The monoisotopic (exact) mass is 261 g/mol. The molecule has 0 saturated heterocycles. The second-order valence-corrected chi connectivity index (χ2v) is 4.85. The molecule has 0 spiro atoms. The first-order valence-corrected chi connectivity index (χ1v) is 6.17. The van der Waals surface area contributed by atoms with Crippen molar-refractivity contribution in [1.29, 1.82) is 0 Å². The Kier molecular flexibility index (Phi) is 3.90. The largest absolute Gasteiger partial charge is 0.384 e. The molecule has 0 aliphatic heterocycles. The van der Waals surface area contributed by atoms with E-state index < -0.39 is 6.10 Å². The SMILES string of the molecule is CN(C)c1ccc(Cl)cc1C(O)c1ccccc1. The van der Waals surface area contributed by atoms with Crippen LogP contribution in [0.4, 0.5) is 5.69 Å². The van der Waals surface area contributed by atoms with Gasteiger partial charge in [-0.1, -0.05) is 41.9 Å². The Morgan fingerprint density at radius 1 is 1.06 bits per heavy atom. The number of aliphatic hydroxyl groups is 1. The molecule has 3 heteroatoms. The van der Waals surface area contributed by atoms with Crippen LogP contribution in [0.5, 0.6) is 0 Å². The van der Waals surface area contributed by atoms with Crippen molar-refractivity contribution < 1.29 is 5.11 Å². The van der Waals surface area contributed by atoms with Gasteiger partial charge in [-0.05, 0) is 23.8 Å². The van der Waals surface area contributed by atoms with E-state index in [4.69, 9.17) is 11.6 Å². The van der Waals surface area contributed by atoms with Crippen molar-refractivity contribution in [2.45, 2.75) is 6.10 Å². The van der Waals surface area contributed by atoms with Gasteiger partial charge in [0.15, 0.2) is 0 Å². The molecule has 0 fully saturated rings. The molecule has 2 nitrogen and oxygen atoms in total. The molecular weight excluding hydrogens is 246 g/mol. The molecule has 0 aliphatic carbocycles. The van der Waals surface area contributed by atoms with Crippen molar-refractivity contribution in [2.24, 2.45) is 0 Å². The third kappa shape index (κ3) is 2.66. The van der Waals surface area contributed by atoms with Gasteiger partial charge in [0.2, 0.25) is 0 Å². The van der Waals surface area contributed by atoms with E-state index in [1.54, 1.807) is 0 Å². The molecule has 1 atom stereocenters. The Morgan fingerprint density at radius 2 is 1.72 bits per heavy atom. The van der Waals surface area contributed by atoms with Crippen LogP contribution in [-0.4, -0.2) is 19.2 Å². The summed E-state index contributed by atoms with van der Waals surface area (Å²) in [7, 11) is 3.90. The minimum absolute atomic E-state index is 0.630. The number of hydrogen-bond donors (Lipinski definition) is 1. The van der Waals surface area contributed by atoms with Gasteiger partial charge in [0.1, 0.15) is 6.10 Å². The zero-order valence-corrected chi connectivity index (χ0v) is 11.2. The highest BCUT2D eigenvalue weighted by Gasteiger charge is 2.15. The van der Waals surface area contributed by atoms with E-state index in [-0.39, 0.29) is 0 Å². The van der Waals surface area contributed by atoms with Gasteiger partial charge in [-0.15, -0.1) is 0 Å². The predicted octanol–water partition coefficient (Wildman–Crippen LogP) is 3.49. The lowest BCUT2D eigenvalue weighted by Crippen LogP contribution is -2.13. The van der Waals surface area contributed by atoms with Crippen LogP contribution in [0.15, 0.2) is 48.5 Å². The highest BCUT2D eigenvalue weighted by atomic mass is 35.5. The molecule has 0 radical (unpaired) electrons. The van der Waals surface area contributed by atoms with Crippen LogP contribution in [-0.2, 0) is 0 Å². The minimum Gasteiger partial charge on any atom is -0.384 e. The van der Waals surface area contributed by atoms with Gasteiger partial charge in [0.25, 0.3) is 0 Å². The summed E-state index contributed by atoms with van der Waals surface area (Å²) >= 11 is 6.02. The molecule has 94 valence electrons. The van der Waals surface area contributed by atoms with Crippen molar-refractivity contribution in [3.8, 4) is 0 Å². The van der Waals surface area contributed by atoms with Crippen LogP contribution in [0.1, 0.15) is 17.2 Å². The lowest BCUT2D eigenvalue weighted by atomic mass is 9.99. The Morgan fingerprint density at radius 3 is 2.33 bits per heavy atom. The minimum atomic E-state index is -0.665. The molecule has 0 aliphatic rings. The van der Waals surface area contributed by atoms with Gasteiger partial charge in [-0.2, -0.15) is 0 Å². The fourth-order valence-corrected chi connectivity index (χ4v) is 2.15. The lowest BCUT2D eigenvalue weighted by Gasteiger charge is -2.21. The summed E-state index contributed by atoms with van der Waals surface area (Å²) in [6, 6.07) is 15.1. The van der Waals surface area contributed by atoms with Gasteiger partial charge in [-0.25, -0.2) is 0 Å². The third-order valence-corrected chi connectivity index (χ3v) is 3.12. The highest BCUT2D eigenvalue weighted by molar-refractivity contribution is 6.30. The van der Waals surface area contributed by atoms with Gasteiger partial charge < -0.3 is 10.0 Å².